The van der Waals surface area contributed by atoms with E-state index in [9.17, 15) is 8.42 Å². The van der Waals surface area contributed by atoms with Crippen LogP contribution in [0.2, 0.25) is 5.02 Å². The van der Waals surface area contributed by atoms with Crippen LogP contribution >= 0.6 is 11.6 Å². The summed E-state index contributed by atoms with van der Waals surface area (Å²) in [5.41, 5.74) is 1.12. The monoisotopic (exact) mass is 276 g/mol. The normalized spacial score (nSPS) is 11.6. The number of sulfonamides is 1. The molecule has 0 saturated heterocycles. The molecule has 0 unspecified atom stereocenters. The van der Waals surface area contributed by atoms with E-state index in [4.69, 9.17) is 11.6 Å². The summed E-state index contributed by atoms with van der Waals surface area (Å²) in [7, 11) is -3.06. The van der Waals surface area contributed by atoms with E-state index < -0.39 is 10.0 Å². The fraction of sp³-hybridized carbons (Fsp3) is 0.455. The van der Waals surface area contributed by atoms with Gasteiger partial charge in [-0.3, -0.25) is 0 Å². The number of hydrogen-bond donors (Lipinski definition) is 2. The maximum Gasteiger partial charge on any atom is 0.208 e. The average Bonchev–Trinajstić information content (AvgIpc) is 2.22. The lowest BCUT2D eigenvalue weighted by Gasteiger charge is -2.05. The molecule has 6 heteroatoms. The van der Waals surface area contributed by atoms with E-state index in [0.29, 0.717) is 6.54 Å². The topological polar surface area (TPSA) is 58.2 Å². The van der Waals surface area contributed by atoms with Gasteiger partial charge in [0.15, 0.2) is 0 Å². The zero-order valence-electron chi connectivity index (χ0n) is 9.74. The van der Waals surface area contributed by atoms with Gasteiger partial charge >= 0.3 is 0 Å². The molecule has 0 aliphatic heterocycles. The van der Waals surface area contributed by atoms with Gasteiger partial charge in [0, 0.05) is 18.1 Å². The second kappa shape index (κ2) is 6.96. The summed E-state index contributed by atoms with van der Waals surface area (Å²) in [6, 6.07) is 7.64. The van der Waals surface area contributed by atoms with Crippen LogP contribution in [0.1, 0.15) is 12.0 Å². The third-order valence-corrected chi connectivity index (χ3v) is 3.08. The average molecular weight is 277 g/mol. The summed E-state index contributed by atoms with van der Waals surface area (Å²) < 4.78 is 24.0. The molecule has 0 aliphatic rings. The van der Waals surface area contributed by atoms with Crippen molar-refractivity contribution >= 4 is 21.6 Å². The number of nitrogens with one attached hydrogen (secondary N) is 2. The lowest BCUT2D eigenvalue weighted by atomic mass is 10.2. The molecule has 4 nitrogen and oxygen atoms in total. The standard InChI is InChI=1S/C11H17ClN2O2S/c1-17(15,16)14-7-3-6-13-9-10-4-2-5-11(12)8-10/h2,4-5,8,13-14H,3,6-7,9H2,1H3. The van der Waals surface area contributed by atoms with Gasteiger partial charge in [-0.15, -0.1) is 0 Å². The number of hydrogen-bond acceptors (Lipinski definition) is 3. The first kappa shape index (κ1) is 14.4. The molecule has 0 aromatic heterocycles. The van der Waals surface area contributed by atoms with Crippen LogP contribution < -0.4 is 10.0 Å². The minimum absolute atomic E-state index is 0.460. The lowest BCUT2D eigenvalue weighted by molar-refractivity contribution is 0.579. The van der Waals surface area contributed by atoms with E-state index in [1.165, 1.54) is 0 Å². The molecule has 17 heavy (non-hydrogen) atoms. The van der Waals surface area contributed by atoms with Crippen LogP contribution in [0, 0.1) is 0 Å². The molecule has 1 rings (SSSR count). The Morgan fingerprint density at radius 1 is 1.29 bits per heavy atom. The molecule has 0 atom stereocenters. The molecular formula is C11H17ClN2O2S. The number of benzene rings is 1. The van der Waals surface area contributed by atoms with Crippen LogP contribution in [-0.4, -0.2) is 27.8 Å². The Morgan fingerprint density at radius 3 is 2.71 bits per heavy atom. The van der Waals surface area contributed by atoms with Crippen LogP contribution in [0.15, 0.2) is 24.3 Å². The highest BCUT2D eigenvalue weighted by atomic mass is 35.5. The van der Waals surface area contributed by atoms with Crippen LogP contribution in [0.25, 0.3) is 0 Å². The molecule has 0 amide bonds. The van der Waals surface area contributed by atoms with Crippen LogP contribution in [-0.2, 0) is 16.6 Å². The summed E-state index contributed by atoms with van der Waals surface area (Å²) in [4.78, 5) is 0. The Labute approximate surface area is 107 Å². The molecule has 0 fully saturated rings. The SMILES string of the molecule is CS(=O)(=O)NCCCNCc1cccc(Cl)c1. The van der Waals surface area contributed by atoms with Crippen LogP contribution in [0.5, 0.6) is 0 Å². The van der Waals surface area contributed by atoms with Crippen molar-refractivity contribution in [1.29, 1.82) is 0 Å². The fourth-order valence-corrected chi connectivity index (χ4v) is 2.08. The predicted octanol–water partition coefficient (Wildman–Crippen LogP) is 1.37. The molecule has 1 aromatic carbocycles. The van der Waals surface area contributed by atoms with Crippen molar-refractivity contribution in [2.75, 3.05) is 19.3 Å². The Bertz CT molecular complexity index is 449. The van der Waals surface area contributed by atoms with Crippen LogP contribution in [0.4, 0.5) is 0 Å². The van der Waals surface area contributed by atoms with Gasteiger partial charge in [-0.05, 0) is 30.7 Å². The molecule has 0 bridgehead atoms. The van der Waals surface area contributed by atoms with Crippen molar-refractivity contribution in [2.45, 2.75) is 13.0 Å². The van der Waals surface area contributed by atoms with Crippen molar-refractivity contribution < 1.29 is 8.42 Å². The molecule has 0 saturated carbocycles. The number of halogens is 1. The van der Waals surface area contributed by atoms with Crippen molar-refractivity contribution in [3.63, 3.8) is 0 Å². The third kappa shape index (κ3) is 7.33. The van der Waals surface area contributed by atoms with Crippen LogP contribution in [0.3, 0.4) is 0 Å². The molecule has 0 heterocycles. The van der Waals surface area contributed by atoms with Gasteiger partial charge in [0.2, 0.25) is 10.0 Å². The van der Waals surface area contributed by atoms with E-state index in [1.807, 2.05) is 24.3 Å². The second-order valence-electron chi connectivity index (χ2n) is 3.83. The molecule has 0 aliphatic carbocycles. The van der Waals surface area contributed by atoms with Gasteiger partial charge < -0.3 is 5.32 Å². The minimum Gasteiger partial charge on any atom is -0.313 e. The van der Waals surface area contributed by atoms with E-state index in [1.54, 1.807) is 0 Å². The van der Waals surface area contributed by atoms with Gasteiger partial charge in [0.1, 0.15) is 0 Å². The molecule has 0 spiro atoms. The Morgan fingerprint density at radius 2 is 2.06 bits per heavy atom. The van der Waals surface area contributed by atoms with E-state index in [0.717, 1.165) is 36.4 Å². The molecule has 1 aromatic rings. The first-order valence-corrected chi connectivity index (χ1v) is 7.64. The Balaban J connectivity index is 2.13. The highest BCUT2D eigenvalue weighted by molar-refractivity contribution is 7.88. The van der Waals surface area contributed by atoms with Crippen molar-refractivity contribution in [1.82, 2.24) is 10.0 Å². The van der Waals surface area contributed by atoms with Gasteiger partial charge in [-0.25, -0.2) is 13.1 Å². The lowest BCUT2D eigenvalue weighted by Crippen LogP contribution is -2.26. The Hall–Kier alpha value is -0.620. The van der Waals surface area contributed by atoms with Gasteiger partial charge in [0.05, 0.1) is 6.26 Å². The second-order valence-corrected chi connectivity index (χ2v) is 6.10. The first-order chi connectivity index (χ1) is 7.97. The summed E-state index contributed by atoms with van der Waals surface area (Å²) in [5.74, 6) is 0. The van der Waals surface area contributed by atoms with Gasteiger partial charge in [-0.1, -0.05) is 23.7 Å². The van der Waals surface area contributed by atoms with Crippen molar-refractivity contribution in [3.8, 4) is 0 Å². The maximum absolute atomic E-state index is 10.8. The molecule has 96 valence electrons. The quantitative estimate of drug-likeness (QED) is 0.740. The fourth-order valence-electron chi connectivity index (χ4n) is 1.35. The zero-order valence-corrected chi connectivity index (χ0v) is 11.3. The van der Waals surface area contributed by atoms with E-state index >= 15 is 0 Å². The smallest absolute Gasteiger partial charge is 0.208 e. The molecular weight excluding hydrogens is 260 g/mol. The maximum atomic E-state index is 10.8. The van der Waals surface area contributed by atoms with Crippen molar-refractivity contribution in [3.05, 3.63) is 34.9 Å². The number of rotatable bonds is 7. The third-order valence-electron chi connectivity index (χ3n) is 2.11. The van der Waals surface area contributed by atoms with Crippen molar-refractivity contribution in [2.24, 2.45) is 0 Å². The zero-order chi connectivity index (χ0) is 12.7. The van der Waals surface area contributed by atoms with E-state index in [-0.39, 0.29) is 0 Å². The highest BCUT2D eigenvalue weighted by Crippen LogP contribution is 2.09. The molecule has 2 N–H and O–H groups in total. The largest absolute Gasteiger partial charge is 0.313 e. The Kier molecular flexibility index (Phi) is 5.91. The summed E-state index contributed by atoms with van der Waals surface area (Å²) in [6.45, 7) is 1.95. The first-order valence-electron chi connectivity index (χ1n) is 5.37. The summed E-state index contributed by atoms with van der Waals surface area (Å²) in [5, 5.41) is 3.95. The van der Waals surface area contributed by atoms with Gasteiger partial charge in [0.25, 0.3) is 0 Å². The summed E-state index contributed by atoms with van der Waals surface area (Å²) in [6.07, 6.45) is 1.92. The van der Waals surface area contributed by atoms with Gasteiger partial charge in [-0.2, -0.15) is 0 Å². The molecule has 0 radical (unpaired) electrons. The predicted molar refractivity (Wildman–Crippen MR) is 70.6 cm³/mol. The highest BCUT2D eigenvalue weighted by Gasteiger charge is 1.98. The minimum atomic E-state index is -3.06. The van der Waals surface area contributed by atoms with E-state index in [2.05, 4.69) is 10.0 Å². The summed E-state index contributed by atoms with van der Waals surface area (Å²) >= 11 is 5.85.